The Hall–Kier alpha value is -7.33. The van der Waals surface area contributed by atoms with Crippen molar-refractivity contribution in [2.24, 2.45) is 4.99 Å². The van der Waals surface area contributed by atoms with Gasteiger partial charge in [0.2, 0.25) is 0 Å². The number of rotatable bonds is 4. The van der Waals surface area contributed by atoms with Gasteiger partial charge < -0.3 is 4.57 Å². The number of hydrogen-bond donors (Lipinski definition) is 0. The van der Waals surface area contributed by atoms with Crippen LogP contribution in [-0.4, -0.2) is 10.3 Å². The van der Waals surface area contributed by atoms with Gasteiger partial charge in [-0.3, -0.25) is 0 Å². The lowest BCUT2D eigenvalue weighted by atomic mass is 9.89. The van der Waals surface area contributed by atoms with Crippen LogP contribution in [0.4, 0.5) is 5.69 Å². The predicted octanol–water partition coefficient (Wildman–Crippen LogP) is 16.1. The van der Waals surface area contributed by atoms with E-state index < -0.39 is 0 Å². The average Bonchev–Trinajstić information content (AvgIpc) is 3.80. The summed E-state index contributed by atoms with van der Waals surface area (Å²) in [5, 5.41) is 13.0. The molecule has 1 atom stereocenters. The Balaban J connectivity index is 0.955. The smallest absolute Gasteiger partial charge is 0.0781 e. The maximum absolute atomic E-state index is 5.49. The van der Waals surface area contributed by atoms with Crippen LogP contribution in [0.25, 0.3) is 91.0 Å². The average molecular weight is 795 g/mol. The zero-order valence-corrected chi connectivity index (χ0v) is 34.2. The molecule has 13 rings (SSSR count). The van der Waals surface area contributed by atoms with Crippen LogP contribution in [0.3, 0.4) is 0 Å². The summed E-state index contributed by atoms with van der Waals surface area (Å²) in [5.74, 6) is 0. The molecule has 0 saturated carbocycles. The summed E-state index contributed by atoms with van der Waals surface area (Å²) in [5.41, 5.74) is 11.9. The summed E-state index contributed by atoms with van der Waals surface area (Å²) in [7, 11) is 0. The van der Waals surface area contributed by atoms with Crippen molar-refractivity contribution in [3.63, 3.8) is 0 Å². The number of allylic oxidation sites excluding steroid dienone is 6. The van der Waals surface area contributed by atoms with E-state index in [4.69, 9.17) is 4.99 Å². The minimum atomic E-state index is 0.130. The summed E-state index contributed by atoms with van der Waals surface area (Å²) in [6.07, 6.45) is 11.3. The van der Waals surface area contributed by atoms with Gasteiger partial charge in [-0.05, 0) is 109 Å². The molecule has 0 amide bonds. The molecule has 1 aliphatic heterocycles. The molecule has 0 spiro atoms. The number of aliphatic imine (C=N–C) groups is 1. The molecule has 0 N–H and O–H groups in total. The number of fused-ring (bicyclic) bond motifs is 13. The number of para-hydroxylation sites is 2. The van der Waals surface area contributed by atoms with Gasteiger partial charge in [0.25, 0.3) is 0 Å². The quantitative estimate of drug-likeness (QED) is 0.169. The maximum atomic E-state index is 5.49. The van der Waals surface area contributed by atoms with Gasteiger partial charge in [0.15, 0.2) is 0 Å². The number of nitrogens with zero attached hydrogens (tertiary/aromatic N) is 2. The van der Waals surface area contributed by atoms with E-state index in [-0.39, 0.29) is 6.04 Å². The first-order valence-electron chi connectivity index (χ1n) is 21.3. The van der Waals surface area contributed by atoms with Crippen LogP contribution in [-0.2, 0) is 6.42 Å². The third-order valence-electron chi connectivity index (χ3n) is 13.1. The minimum Gasteiger partial charge on any atom is -0.332 e. The van der Waals surface area contributed by atoms with Crippen LogP contribution in [0.15, 0.2) is 211 Å². The first-order chi connectivity index (χ1) is 30.2. The van der Waals surface area contributed by atoms with E-state index in [2.05, 4.69) is 205 Å². The van der Waals surface area contributed by atoms with E-state index in [1.165, 1.54) is 108 Å². The molecule has 11 aromatic rings. The molecule has 3 heterocycles. The topological polar surface area (TPSA) is 17.3 Å². The second-order valence-electron chi connectivity index (χ2n) is 16.5. The summed E-state index contributed by atoms with van der Waals surface area (Å²) < 4.78 is 5.34. The first kappa shape index (κ1) is 34.5. The molecule has 1 aliphatic carbocycles. The van der Waals surface area contributed by atoms with Crippen molar-refractivity contribution in [1.82, 2.24) is 4.57 Å². The van der Waals surface area contributed by atoms with Gasteiger partial charge in [0, 0.05) is 37.3 Å². The third kappa shape index (κ3) is 5.44. The normalized spacial score (nSPS) is 15.5. The summed E-state index contributed by atoms with van der Waals surface area (Å²) in [4.78, 5) is 5.49. The van der Waals surface area contributed by atoms with Crippen molar-refractivity contribution in [2.75, 3.05) is 0 Å². The summed E-state index contributed by atoms with van der Waals surface area (Å²) in [6.45, 7) is 0. The van der Waals surface area contributed by atoms with E-state index in [1.54, 1.807) is 0 Å². The number of hydrogen-bond acceptors (Lipinski definition) is 2. The van der Waals surface area contributed by atoms with Crippen molar-refractivity contribution in [3.05, 3.63) is 217 Å². The first-order valence-corrected chi connectivity index (χ1v) is 22.1. The second kappa shape index (κ2) is 13.6. The molecule has 0 fully saturated rings. The molecule has 1 unspecified atom stereocenters. The van der Waals surface area contributed by atoms with E-state index in [9.17, 15) is 0 Å². The highest BCUT2D eigenvalue weighted by Crippen LogP contribution is 2.49. The number of thiophene rings is 1. The molecule has 9 aromatic carbocycles. The highest BCUT2D eigenvalue weighted by molar-refractivity contribution is 7.27. The van der Waals surface area contributed by atoms with Gasteiger partial charge in [-0.15, -0.1) is 11.3 Å². The fraction of sp³-hybridized carbons (Fsp3) is 0.0517. The van der Waals surface area contributed by atoms with Crippen molar-refractivity contribution in [3.8, 4) is 11.1 Å². The zero-order chi connectivity index (χ0) is 40.0. The van der Waals surface area contributed by atoms with Gasteiger partial charge in [-0.25, -0.2) is 4.99 Å². The standard InChI is InChI=1S/C58H38N2S/c1-2-12-36(13-3-1)41-22-23-43-33-44(25-24-42(43)32-41)46-31-28-37-14-6-10-20-51(37)59-56(46)38-26-29-45(30-27-38)60-52-21-11-9-19-49(52)54-47-17-7-8-18-48(47)55-50-34-39-15-4-5-16-40(39)35-53(50)61-58(55)57(54)60/h1-27,29,31-35,45H,28,30H2. The lowest BCUT2D eigenvalue weighted by Crippen LogP contribution is -2.12. The van der Waals surface area contributed by atoms with Gasteiger partial charge >= 0.3 is 0 Å². The monoisotopic (exact) mass is 794 g/mol. The molecule has 0 saturated heterocycles. The van der Waals surface area contributed by atoms with Crippen molar-refractivity contribution in [1.29, 1.82) is 0 Å². The van der Waals surface area contributed by atoms with Gasteiger partial charge in [0.1, 0.15) is 0 Å². The summed E-state index contributed by atoms with van der Waals surface area (Å²) >= 11 is 1.94. The van der Waals surface area contributed by atoms with Crippen molar-refractivity contribution < 1.29 is 0 Å². The van der Waals surface area contributed by atoms with Crippen molar-refractivity contribution in [2.45, 2.75) is 18.9 Å². The molecule has 61 heavy (non-hydrogen) atoms. The maximum Gasteiger partial charge on any atom is 0.0781 e. The van der Waals surface area contributed by atoms with E-state index in [0.29, 0.717) is 0 Å². The summed E-state index contributed by atoms with van der Waals surface area (Å²) in [6, 6.07) is 64.8. The molecule has 2 nitrogen and oxygen atoms in total. The fourth-order valence-corrected chi connectivity index (χ4v) is 11.5. The number of aromatic nitrogens is 1. The lowest BCUT2D eigenvalue weighted by Gasteiger charge is -2.22. The molecule has 0 radical (unpaired) electrons. The van der Waals surface area contributed by atoms with Crippen LogP contribution in [0, 0.1) is 0 Å². The Labute approximate surface area is 357 Å². The Morgan fingerprint density at radius 3 is 2.02 bits per heavy atom. The fourth-order valence-electron chi connectivity index (χ4n) is 10.2. The van der Waals surface area contributed by atoms with Gasteiger partial charge in [-0.2, -0.15) is 0 Å². The van der Waals surface area contributed by atoms with E-state index >= 15 is 0 Å². The van der Waals surface area contributed by atoms with Crippen LogP contribution in [0.1, 0.15) is 23.6 Å². The largest absolute Gasteiger partial charge is 0.332 e. The Morgan fingerprint density at radius 1 is 0.525 bits per heavy atom. The second-order valence-corrected chi connectivity index (χ2v) is 17.6. The molecule has 3 heteroatoms. The highest BCUT2D eigenvalue weighted by atomic mass is 32.1. The Morgan fingerprint density at radius 2 is 1.20 bits per heavy atom. The lowest BCUT2D eigenvalue weighted by molar-refractivity contribution is 0.648. The van der Waals surface area contributed by atoms with Gasteiger partial charge in [-0.1, -0.05) is 164 Å². The molecule has 0 bridgehead atoms. The molecule has 2 aliphatic rings. The van der Waals surface area contributed by atoms with E-state index in [0.717, 1.165) is 24.2 Å². The van der Waals surface area contributed by atoms with Crippen molar-refractivity contribution >= 4 is 103 Å². The van der Waals surface area contributed by atoms with Crippen LogP contribution in [0.2, 0.25) is 0 Å². The highest BCUT2D eigenvalue weighted by Gasteiger charge is 2.26. The van der Waals surface area contributed by atoms with Crippen LogP contribution >= 0.6 is 11.3 Å². The third-order valence-corrected chi connectivity index (χ3v) is 14.3. The SMILES string of the molecule is C1=CC(n2c3ccccc3c3c4ccccc4c4c5cc6ccccc6cc5sc4c32)CC=C1C1=Nc2ccccc2CC=C1c1ccc2cc(-c3ccccc3)ccc2c1. The Kier molecular flexibility index (Phi) is 7.70. The zero-order valence-electron chi connectivity index (χ0n) is 33.3. The Bertz CT molecular complexity index is 3760. The molecular formula is C58H38N2S. The molecule has 2 aromatic heterocycles. The molecular weight excluding hydrogens is 757 g/mol. The van der Waals surface area contributed by atoms with Crippen LogP contribution < -0.4 is 0 Å². The predicted molar refractivity (Wildman–Crippen MR) is 263 cm³/mol. The van der Waals surface area contributed by atoms with E-state index in [1.807, 2.05) is 11.3 Å². The number of benzene rings is 9. The minimum absolute atomic E-state index is 0.130. The molecule has 286 valence electrons. The van der Waals surface area contributed by atoms with Gasteiger partial charge in [0.05, 0.1) is 27.7 Å². The van der Waals surface area contributed by atoms with Crippen LogP contribution in [0.5, 0.6) is 0 Å².